The fourth-order valence-electron chi connectivity index (χ4n) is 5.49. The summed E-state index contributed by atoms with van der Waals surface area (Å²) in [6, 6.07) is 0. The van der Waals surface area contributed by atoms with Crippen molar-refractivity contribution in [1.29, 1.82) is 0 Å². The first-order chi connectivity index (χ1) is 7.92. The van der Waals surface area contributed by atoms with Gasteiger partial charge in [0.05, 0.1) is 5.60 Å². The number of hydrogen-bond acceptors (Lipinski definition) is 1. The van der Waals surface area contributed by atoms with Crippen molar-refractivity contribution in [1.82, 2.24) is 0 Å². The maximum Gasteiger partial charge on any atom is 0.0772 e. The molecular weight excluding hydrogens is 208 g/mol. The molecule has 0 radical (unpaired) electrons. The molecule has 3 aliphatic rings. The summed E-state index contributed by atoms with van der Waals surface area (Å²) in [5.41, 5.74) is 1.17. The second-order valence-electron chi connectivity index (χ2n) is 7.78. The number of hydrogen-bond donors (Lipinski definition) is 0. The Kier molecular flexibility index (Phi) is 2.47. The second-order valence-corrected chi connectivity index (χ2v) is 7.78. The zero-order valence-corrected chi connectivity index (χ0v) is 12.0. The van der Waals surface area contributed by atoms with Crippen LogP contribution in [0.3, 0.4) is 0 Å². The van der Waals surface area contributed by atoms with E-state index >= 15 is 0 Å². The van der Waals surface area contributed by atoms with Crippen LogP contribution in [-0.4, -0.2) is 12.2 Å². The van der Waals surface area contributed by atoms with E-state index in [0.29, 0.717) is 10.8 Å². The SMILES string of the molecule is CC1CCC2C(C)(C)CCCC23OCCC13C. The summed E-state index contributed by atoms with van der Waals surface area (Å²) in [7, 11) is 0. The molecule has 1 aliphatic heterocycles. The van der Waals surface area contributed by atoms with Crippen molar-refractivity contribution in [2.45, 2.75) is 71.8 Å². The van der Waals surface area contributed by atoms with Crippen molar-refractivity contribution >= 4 is 0 Å². The van der Waals surface area contributed by atoms with Gasteiger partial charge in [0.15, 0.2) is 0 Å². The Bertz CT molecular complexity index is 321. The zero-order valence-electron chi connectivity index (χ0n) is 12.0. The van der Waals surface area contributed by atoms with Crippen LogP contribution in [0.2, 0.25) is 0 Å². The molecular formula is C16H28O. The molecule has 0 aromatic rings. The third-order valence-electron chi connectivity index (χ3n) is 6.80. The van der Waals surface area contributed by atoms with Gasteiger partial charge in [-0.1, -0.05) is 34.1 Å². The van der Waals surface area contributed by atoms with Gasteiger partial charge >= 0.3 is 0 Å². The van der Waals surface area contributed by atoms with E-state index in [1.54, 1.807) is 0 Å². The van der Waals surface area contributed by atoms with Crippen LogP contribution in [0.4, 0.5) is 0 Å². The normalized spacial score (nSPS) is 52.9. The van der Waals surface area contributed by atoms with Crippen LogP contribution in [0.15, 0.2) is 0 Å². The molecule has 2 saturated carbocycles. The zero-order chi connectivity index (χ0) is 12.3. The van der Waals surface area contributed by atoms with Crippen molar-refractivity contribution in [3.05, 3.63) is 0 Å². The largest absolute Gasteiger partial charge is 0.374 e. The maximum atomic E-state index is 6.46. The van der Waals surface area contributed by atoms with E-state index in [1.807, 2.05) is 0 Å². The average molecular weight is 236 g/mol. The first kappa shape index (κ1) is 12.0. The molecule has 0 bridgehead atoms. The average Bonchev–Trinajstić information content (AvgIpc) is 2.57. The molecule has 1 spiro atoms. The molecule has 98 valence electrons. The van der Waals surface area contributed by atoms with E-state index in [9.17, 15) is 0 Å². The standard InChI is InChI=1S/C16H28O/c1-12-6-7-13-14(2,3)8-5-9-16(13)15(12,4)10-11-17-16/h12-13H,5-11H2,1-4H3. The van der Waals surface area contributed by atoms with Gasteiger partial charge in [0.2, 0.25) is 0 Å². The minimum absolute atomic E-state index is 0.229. The summed E-state index contributed by atoms with van der Waals surface area (Å²) in [6.07, 6.45) is 8.18. The Hall–Kier alpha value is -0.0400. The minimum atomic E-state index is 0.229. The van der Waals surface area contributed by atoms with E-state index in [0.717, 1.165) is 18.4 Å². The quantitative estimate of drug-likeness (QED) is 0.605. The van der Waals surface area contributed by atoms with Crippen molar-refractivity contribution in [3.8, 4) is 0 Å². The smallest absolute Gasteiger partial charge is 0.0772 e. The van der Waals surface area contributed by atoms with Crippen molar-refractivity contribution < 1.29 is 4.74 Å². The van der Waals surface area contributed by atoms with Gasteiger partial charge in [-0.25, -0.2) is 0 Å². The molecule has 3 rings (SSSR count). The predicted molar refractivity (Wildman–Crippen MR) is 70.9 cm³/mol. The first-order valence-corrected chi connectivity index (χ1v) is 7.56. The van der Waals surface area contributed by atoms with Gasteiger partial charge in [-0.15, -0.1) is 0 Å². The molecule has 0 N–H and O–H groups in total. The predicted octanol–water partition coefficient (Wildman–Crippen LogP) is 4.41. The summed E-state index contributed by atoms with van der Waals surface area (Å²) >= 11 is 0. The Balaban J connectivity index is 2.06. The summed E-state index contributed by atoms with van der Waals surface area (Å²) in [5, 5.41) is 0. The summed E-state index contributed by atoms with van der Waals surface area (Å²) in [4.78, 5) is 0. The highest BCUT2D eigenvalue weighted by atomic mass is 16.5. The fourth-order valence-corrected chi connectivity index (χ4v) is 5.49. The van der Waals surface area contributed by atoms with E-state index in [-0.39, 0.29) is 5.60 Å². The number of rotatable bonds is 0. The molecule has 3 fully saturated rings. The minimum Gasteiger partial charge on any atom is -0.374 e. The van der Waals surface area contributed by atoms with Crippen LogP contribution in [0, 0.1) is 22.7 Å². The van der Waals surface area contributed by atoms with Crippen molar-refractivity contribution in [2.75, 3.05) is 6.61 Å². The topological polar surface area (TPSA) is 9.23 Å². The van der Waals surface area contributed by atoms with Gasteiger partial charge in [0.1, 0.15) is 0 Å². The lowest BCUT2D eigenvalue weighted by atomic mass is 9.46. The van der Waals surface area contributed by atoms with Crippen LogP contribution >= 0.6 is 0 Å². The monoisotopic (exact) mass is 236 g/mol. The van der Waals surface area contributed by atoms with E-state index < -0.39 is 0 Å². The van der Waals surface area contributed by atoms with Gasteiger partial charge in [-0.2, -0.15) is 0 Å². The highest BCUT2D eigenvalue weighted by Crippen LogP contribution is 2.66. The molecule has 0 aromatic heterocycles. The molecule has 0 amide bonds. The summed E-state index contributed by atoms with van der Waals surface area (Å²) < 4.78 is 6.46. The third-order valence-corrected chi connectivity index (χ3v) is 6.80. The molecule has 0 aromatic carbocycles. The Morgan fingerprint density at radius 1 is 1.00 bits per heavy atom. The van der Waals surface area contributed by atoms with Crippen molar-refractivity contribution in [3.63, 3.8) is 0 Å². The Morgan fingerprint density at radius 2 is 1.76 bits per heavy atom. The van der Waals surface area contributed by atoms with Gasteiger partial charge in [0, 0.05) is 12.0 Å². The Morgan fingerprint density at radius 3 is 2.53 bits per heavy atom. The highest BCUT2D eigenvalue weighted by molar-refractivity contribution is 5.14. The van der Waals surface area contributed by atoms with Gasteiger partial charge in [0.25, 0.3) is 0 Å². The second kappa shape index (κ2) is 3.50. The van der Waals surface area contributed by atoms with Gasteiger partial charge in [-0.05, 0) is 49.4 Å². The molecule has 1 heteroatoms. The summed E-state index contributed by atoms with van der Waals surface area (Å²) in [6.45, 7) is 11.0. The molecule has 17 heavy (non-hydrogen) atoms. The van der Waals surface area contributed by atoms with Crippen LogP contribution in [-0.2, 0) is 4.74 Å². The lowest BCUT2D eigenvalue weighted by molar-refractivity contribution is -0.198. The van der Waals surface area contributed by atoms with E-state index in [2.05, 4.69) is 27.7 Å². The molecule has 1 saturated heterocycles. The molecule has 4 unspecified atom stereocenters. The van der Waals surface area contributed by atoms with Crippen LogP contribution in [0.5, 0.6) is 0 Å². The number of ether oxygens (including phenoxy) is 1. The Labute approximate surface area is 106 Å². The van der Waals surface area contributed by atoms with Crippen LogP contribution in [0.1, 0.15) is 66.2 Å². The van der Waals surface area contributed by atoms with E-state index in [4.69, 9.17) is 4.74 Å². The summed E-state index contributed by atoms with van der Waals surface area (Å²) in [5.74, 6) is 1.64. The molecule has 1 heterocycles. The third kappa shape index (κ3) is 1.35. The van der Waals surface area contributed by atoms with Crippen molar-refractivity contribution in [2.24, 2.45) is 22.7 Å². The maximum absolute atomic E-state index is 6.46. The van der Waals surface area contributed by atoms with Gasteiger partial charge < -0.3 is 4.74 Å². The fraction of sp³-hybridized carbons (Fsp3) is 1.00. The molecule has 1 nitrogen and oxygen atoms in total. The van der Waals surface area contributed by atoms with Crippen LogP contribution < -0.4 is 0 Å². The van der Waals surface area contributed by atoms with E-state index in [1.165, 1.54) is 38.5 Å². The lowest BCUT2D eigenvalue weighted by Gasteiger charge is -2.61. The first-order valence-electron chi connectivity index (χ1n) is 7.56. The molecule has 2 aliphatic carbocycles. The highest BCUT2D eigenvalue weighted by Gasteiger charge is 2.65. The van der Waals surface area contributed by atoms with Crippen LogP contribution in [0.25, 0.3) is 0 Å². The lowest BCUT2D eigenvalue weighted by Crippen LogP contribution is -2.61. The van der Waals surface area contributed by atoms with Gasteiger partial charge in [-0.3, -0.25) is 0 Å². The molecule has 4 atom stereocenters.